The highest BCUT2D eigenvalue weighted by molar-refractivity contribution is 6.04. The lowest BCUT2D eigenvalue weighted by atomic mass is 10.1. The molecule has 0 aliphatic rings. The Kier molecular flexibility index (Phi) is 5.28. The van der Waals surface area contributed by atoms with Crippen molar-refractivity contribution in [3.8, 4) is 0 Å². The van der Waals surface area contributed by atoms with Crippen LogP contribution in [-0.2, 0) is 11.2 Å². The standard InChI is InChI=1S/C21H22N2O4/c1-21(2,13-24)23-19(25)11-14-7-9-16(10-8-14)22-20(26)18-12-15-5-3-4-6-17(15)27-18/h3-10,12,24H,11,13H2,1-2H3,(H,22,26)(H,23,25). The number of hydrogen-bond donors (Lipinski definition) is 3. The molecule has 0 saturated heterocycles. The molecule has 0 fully saturated rings. The van der Waals surface area contributed by atoms with Crippen molar-refractivity contribution in [2.45, 2.75) is 25.8 Å². The van der Waals surface area contributed by atoms with Crippen LogP contribution in [-0.4, -0.2) is 29.1 Å². The number of benzene rings is 2. The second kappa shape index (κ2) is 7.63. The fraction of sp³-hybridized carbons (Fsp3) is 0.238. The third-order valence-corrected chi connectivity index (χ3v) is 4.10. The number of nitrogens with one attached hydrogen (secondary N) is 2. The molecule has 0 spiro atoms. The van der Waals surface area contributed by atoms with E-state index in [4.69, 9.17) is 4.42 Å². The Hall–Kier alpha value is -3.12. The summed E-state index contributed by atoms with van der Waals surface area (Å²) in [6.07, 6.45) is 0.196. The van der Waals surface area contributed by atoms with E-state index in [0.717, 1.165) is 10.9 Å². The second-order valence-corrected chi connectivity index (χ2v) is 7.07. The van der Waals surface area contributed by atoms with Crippen LogP contribution in [0.25, 0.3) is 11.0 Å². The lowest BCUT2D eigenvalue weighted by Gasteiger charge is -2.23. The minimum Gasteiger partial charge on any atom is -0.451 e. The zero-order chi connectivity index (χ0) is 19.4. The van der Waals surface area contributed by atoms with E-state index in [9.17, 15) is 14.7 Å². The lowest BCUT2D eigenvalue weighted by molar-refractivity contribution is -0.122. The molecule has 3 N–H and O–H groups in total. The van der Waals surface area contributed by atoms with E-state index in [1.54, 1.807) is 44.2 Å². The molecule has 2 aromatic carbocycles. The molecule has 0 aliphatic heterocycles. The first-order valence-electron chi connectivity index (χ1n) is 8.67. The summed E-state index contributed by atoms with van der Waals surface area (Å²) in [6, 6.07) is 16.2. The molecule has 0 atom stereocenters. The first kappa shape index (κ1) is 18.7. The van der Waals surface area contributed by atoms with E-state index in [0.29, 0.717) is 11.3 Å². The molecule has 6 heteroatoms. The molecule has 0 bridgehead atoms. The third kappa shape index (κ3) is 4.74. The lowest BCUT2D eigenvalue weighted by Crippen LogP contribution is -2.46. The van der Waals surface area contributed by atoms with Gasteiger partial charge in [0.1, 0.15) is 5.58 Å². The quantitative estimate of drug-likeness (QED) is 0.625. The van der Waals surface area contributed by atoms with E-state index < -0.39 is 5.54 Å². The van der Waals surface area contributed by atoms with Gasteiger partial charge in [-0.3, -0.25) is 9.59 Å². The summed E-state index contributed by atoms with van der Waals surface area (Å²) in [6.45, 7) is 3.37. The van der Waals surface area contributed by atoms with Crippen molar-refractivity contribution in [1.29, 1.82) is 0 Å². The summed E-state index contributed by atoms with van der Waals surface area (Å²) in [5.41, 5.74) is 1.43. The Bertz CT molecular complexity index is 925. The third-order valence-electron chi connectivity index (χ3n) is 4.10. The zero-order valence-corrected chi connectivity index (χ0v) is 15.3. The van der Waals surface area contributed by atoms with Gasteiger partial charge in [0, 0.05) is 11.1 Å². The summed E-state index contributed by atoms with van der Waals surface area (Å²) >= 11 is 0. The largest absolute Gasteiger partial charge is 0.451 e. The van der Waals surface area contributed by atoms with E-state index in [1.165, 1.54) is 0 Å². The highest BCUT2D eigenvalue weighted by Gasteiger charge is 2.19. The predicted molar refractivity (Wildman–Crippen MR) is 104 cm³/mol. The summed E-state index contributed by atoms with van der Waals surface area (Å²) in [4.78, 5) is 24.4. The molecular weight excluding hydrogens is 344 g/mol. The molecule has 0 unspecified atom stereocenters. The van der Waals surface area contributed by atoms with Crippen LogP contribution < -0.4 is 10.6 Å². The number of aliphatic hydroxyl groups is 1. The highest BCUT2D eigenvalue weighted by atomic mass is 16.3. The fourth-order valence-electron chi connectivity index (χ4n) is 2.64. The minimum absolute atomic E-state index is 0.133. The number of furan rings is 1. The Morgan fingerprint density at radius 1 is 1.07 bits per heavy atom. The monoisotopic (exact) mass is 366 g/mol. The van der Waals surface area contributed by atoms with Gasteiger partial charge in [0.05, 0.1) is 18.6 Å². The molecule has 2 amide bonds. The molecule has 3 aromatic rings. The maximum atomic E-state index is 12.3. The van der Waals surface area contributed by atoms with Crippen molar-refractivity contribution in [1.82, 2.24) is 5.32 Å². The van der Waals surface area contributed by atoms with Crippen molar-refractivity contribution in [2.75, 3.05) is 11.9 Å². The first-order valence-corrected chi connectivity index (χ1v) is 8.67. The molecule has 27 heavy (non-hydrogen) atoms. The smallest absolute Gasteiger partial charge is 0.291 e. The normalized spacial score (nSPS) is 11.4. The number of carbonyl (C=O) groups excluding carboxylic acids is 2. The average Bonchev–Trinajstić information content (AvgIpc) is 3.07. The topological polar surface area (TPSA) is 91.6 Å². The van der Waals surface area contributed by atoms with Gasteiger partial charge in [0.2, 0.25) is 5.91 Å². The van der Waals surface area contributed by atoms with Crippen molar-refractivity contribution in [2.24, 2.45) is 0 Å². The van der Waals surface area contributed by atoms with Crippen LogP contribution in [0.2, 0.25) is 0 Å². The Morgan fingerprint density at radius 3 is 2.44 bits per heavy atom. The molecule has 1 heterocycles. The fourth-order valence-corrected chi connectivity index (χ4v) is 2.64. The SMILES string of the molecule is CC(C)(CO)NC(=O)Cc1ccc(NC(=O)c2cc3ccccc3o2)cc1. The maximum Gasteiger partial charge on any atom is 0.291 e. The molecule has 1 aromatic heterocycles. The minimum atomic E-state index is -0.655. The van der Waals surface area contributed by atoms with Crippen molar-refractivity contribution in [3.63, 3.8) is 0 Å². The second-order valence-electron chi connectivity index (χ2n) is 7.07. The van der Waals surface area contributed by atoms with Crippen molar-refractivity contribution in [3.05, 3.63) is 65.9 Å². The van der Waals surface area contributed by atoms with Crippen LogP contribution in [0.5, 0.6) is 0 Å². The molecule has 140 valence electrons. The van der Waals surface area contributed by atoms with Crippen molar-refractivity contribution < 1.29 is 19.1 Å². The van der Waals surface area contributed by atoms with Gasteiger partial charge in [-0.1, -0.05) is 30.3 Å². The maximum absolute atomic E-state index is 12.3. The van der Waals surface area contributed by atoms with Gasteiger partial charge in [-0.05, 0) is 43.7 Å². The van der Waals surface area contributed by atoms with E-state index in [1.807, 2.05) is 24.3 Å². The van der Waals surface area contributed by atoms with Gasteiger partial charge in [-0.25, -0.2) is 0 Å². The molecular formula is C21H22N2O4. The number of rotatable bonds is 6. The number of fused-ring (bicyclic) bond motifs is 1. The van der Waals surface area contributed by atoms with Crippen LogP contribution in [0.15, 0.2) is 59.0 Å². The number of hydrogen-bond acceptors (Lipinski definition) is 4. The number of carbonyl (C=O) groups is 2. The molecule has 3 rings (SSSR count). The van der Waals surface area contributed by atoms with E-state index in [-0.39, 0.29) is 30.6 Å². The Morgan fingerprint density at radius 2 is 1.78 bits per heavy atom. The Balaban J connectivity index is 1.61. The summed E-state index contributed by atoms with van der Waals surface area (Å²) in [7, 11) is 0. The number of para-hydroxylation sites is 1. The Labute approximate surface area is 157 Å². The highest BCUT2D eigenvalue weighted by Crippen LogP contribution is 2.20. The van der Waals surface area contributed by atoms with Crippen LogP contribution in [0.4, 0.5) is 5.69 Å². The number of amides is 2. The van der Waals surface area contributed by atoms with Gasteiger partial charge in [0.15, 0.2) is 5.76 Å². The summed E-state index contributed by atoms with van der Waals surface area (Å²) in [5.74, 6) is -0.264. The number of aliphatic hydroxyl groups excluding tert-OH is 1. The van der Waals surface area contributed by atoms with Gasteiger partial charge in [-0.2, -0.15) is 0 Å². The molecule has 0 radical (unpaired) electrons. The van der Waals surface area contributed by atoms with Gasteiger partial charge < -0.3 is 20.2 Å². The van der Waals surface area contributed by atoms with Crippen LogP contribution in [0.3, 0.4) is 0 Å². The molecule has 6 nitrogen and oxygen atoms in total. The van der Waals surface area contributed by atoms with Crippen LogP contribution in [0.1, 0.15) is 30.0 Å². The predicted octanol–water partition coefficient (Wildman–Crippen LogP) is 3.11. The first-order chi connectivity index (χ1) is 12.9. The van der Waals surface area contributed by atoms with Crippen LogP contribution >= 0.6 is 0 Å². The van der Waals surface area contributed by atoms with Crippen LogP contribution in [0, 0.1) is 0 Å². The molecule has 0 aliphatic carbocycles. The van der Waals surface area contributed by atoms with Gasteiger partial charge in [0.25, 0.3) is 5.91 Å². The van der Waals surface area contributed by atoms with E-state index in [2.05, 4.69) is 10.6 Å². The zero-order valence-electron chi connectivity index (χ0n) is 15.3. The summed E-state index contributed by atoms with van der Waals surface area (Å²) in [5, 5.41) is 15.6. The molecule has 0 saturated carbocycles. The van der Waals surface area contributed by atoms with Crippen molar-refractivity contribution >= 4 is 28.5 Å². The van der Waals surface area contributed by atoms with E-state index >= 15 is 0 Å². The van der Waals surface area contributed by atoms with Gasteiger partial charge in [-0.15, -0.1) is 0 Å². The summed E-state index contributed by atoms with van der Waals surface area (Å²) < 4.78 is 5.55. The van der Waals surface area contributed by atoms with Gasteiger partial charge >= 0.3 is 0 Å². The number of anilines is 1. The average molecular weight is 366 g/mol.